The Balaban J connectivity index is 1.78. The molecule has 0 atom stereocenters. The summed E-state index contributed by atoms with van der Waals surface area (Å²) in [6.45, 7) is 4.22. The smallest absolute Gasteiger partial charge is 0.257 e. The van der Waals surface area contributed by atoms with Crippen molar-refractivity contribution in [2.45, 2.75) is 6.92 Å². The van der Waals surface area contributed by atoms with Crippen molar-refractivity contribution in [1.29, 1.82) is 0 Å². The van der Waals surface area contributed by atoms with Crippen molar-refractivity contribution in [2.75, 3.05) is 26.3 Å². The molecule has 0 saturated carbocycles. The summed E-state index contributed by atoms with van der Waals surface area (Å²) < 4.78 is 20.2. The van der Waals surface area contributed by atoms with Gasteiger partial charge < -0.3 is 9.64 Å². The fraction of sp³-hybridized carbons (Fsp3) is 0.238. The molecule has 1 aliphatic heterocycles. The van der Waals surface area contributed by atoms with Gasteiger partial charge in [0.15, 0.2) is 0 Å². The summed E-state index contributed by atoms with van der Waals surface area (Å²) in [5.74, 6) is -0.378. The number of aromatic nitrogens is 2. The second-order valence-corrected chi connectivity index (χ2v) is 6.58. The van der Waals surface area contributed by atoms with E-state index < -0.39 is 0 Å². The Bertz CT molecular complexity index is 943. The van der Waals surface area contributed by atoms with E-state index in [0.29, 0.717) is 43.2 Å². The van der Waals surface area contributed by atoms with Crippen LogP contribution in [0.1, 0.15) is 15.9 Å². The molecule has 5 nitrogen and oxygen atoms in total. The van der Waals surface area contributed by atoms with Gasteiger partial charge in [0.05, 0.1) is 24.5 Å². The van der Waals surface area contributed by atoms with Crippen LogP contribution in [0, 0.1) is 12.7 Å². The van der Waals surface area contributed by atoms with Crippen LogP contribution in [0.4, 0.5) is 4.39 Å². The minimum Gasteiger partial charge on any atom is -0.378 e. The topological polar surface area (TPSA) is 47.4 Å². The number of morpholine rings is 1. The second kappa shape index (κ2) is 7.32. The van der Waals surface area contributed by atoms with E-state index in [1.165, 1.54) is 12.1 Å². The molecule has 0 N–H and O–H groups in total. The molecular formula is C21H20FN3O2. The Morgan fingerprint density at radius 3 is 2.37 bits per heavy atom. The molecule has 3 aromatic rings. The maximum atomic E-state index is 13.3. The molecule has 0 bridgehead atoms. The summed E-state index contributed by atoms with van der Waals surface area (Å²) in [6.07, 6.45) is 1.72. The van der Waals surface area contributed by atoms with E-state index in [4.69, 9.17) is 4.74 Å². The number of rotatable bonds is 3. The highest BCUT2D eigenvalue weighted by atomic mass is 19.1. The van der Waals surface area contributed by atoms with Gasteiger partial charge in [0.2, 0.25) is 0 Å². The monoisotopic (exact) mass is 365 g/mol. The average Bonchev–Trinajstić information content (AvgIpc) is 3.14. The lowest BCUT2D eigenvalue weighted by Gasteiger charge is -2.26. The van der Waals surface area contributed by atoms with Crippen molar-refractivity contribution in [3.63, 3.8) is 0 Å². The maximum Gasteiger partial charge on any atom is 0.257 e. The predicted octanol–water partition coefficient (Wildman–Crippen LogP) is 3.46. The quantitative estimate of drug-likeness (QED) is 0.714. The minimum atomic E-state index is -0.311. The van der Waals surface area contributed by atoms with Crippen LogP contribution in [0.2, 0.25) is 0 Å². The zero-order chi connectivity index (χ0) is 18.8. The Hall–Kier alpha value is -2.99. The summed E-state index contributed by atoms with van der Waals surface area (Å²) in [6, 6.07) is 14.0. The van der Waals surface area contributed by atoms with E-state index in [2.05, 4.69) is 5.10 Å². The second-order valence-electron chi connectivity index (χ2n) is 6.58. The van der Waals surface area contributed by atoms with Crippen molar-refractivity contribution in [1.82, 2.24) is 14.7 Å². The van der Waals surface area contributed by atoms with Crippen molar-refractivity contribution >= 4 is 5.91 Å². The molecule has 0 spiro atoms. The summed E-state index contributed by atoms with van der Waals surface area (Å²) in [7, 11) is 0. The van der Waals surface area contributed by atoms with Gasteiger partial charge in [-0.2, -0.15) is 5.10 Å². The van der Waals surface area contributed by atoms with Crippen LogP contribution >= 0.6 is 0 Å². The average molecular weight is 365 g/mol. The van der Waals surface area contributed by atoms with Gasteiger partial charge in [-0.1, -0.05) is 29.8 Å². The third kappa shape index (κ3) is 3.61. The lowest BCUT2D eigenvalue weighted by molar-refractivity contribution is 0.0303. The molecular weight excluding hydrogens is 345 g/mol. The van der Waals surface area contributed by atoms with Gasteiger partial charge in [0.1, 0.15) is 11.5 Å². The molecule has 1 aromatic heterocycles. The summed E-state index contributed by atoms with van der Waals surface area (Å²) in [4.78, 5) is 14.9. The Morgan fingerprint density at radius 2 is 1.70 bits per heavy atom. The molecule has 1 saturated heterocycles. The number of benzene rings is 2. The number of nitrogens with zero attached hydrogens (tertiary/aromatic N) is 3. The van der Waals surface area contributed by atoms with Gasteiger partial charge in [-0.15, -0.1) is 0 Å². The van der Waals surface area contributed by atoms with E-state index in [0.717, 1.165) is 11.1 Å². The van der Waals surface area contributed by atoms with Gasteiger partial charge in [-0.25, -0.2) is 9.07 Å². The maximum absolute atomic E-state index is 13.3. The molecule has 2 aromatic carbocycles. The van der Waals surface area contributed by atoms with Crippen LogP contribution < -0.4 is 0 Å². The Morgan fingerprint density at radius 1 is 1.04 bits per heavy atom. The molecule has 27 heavy (non-hydrogen) atoms. The third-order valence-electron chi connectivity index (χ3n) is 4.66. The number of aryl methyl sites for hydroxylation is 1. The number of carbonyl (C=O) groups is 1. The van der Waals surface area contributed by atoms with E-state index in [-0.39, 0.29) is 11.7 Å². The van der Waals surface area contributed by atoms with Gasteiger partial charge in [0.25, 0.3) is 5.91 Å². The number of halogens is 1. The predicted molar refractivity (Wildman–Crippen MR) is 100 cm³/mol. The van der Waals surface area contributed by atoms with Crippen LogP contribution in [0.5, 0.6) is 0 Å². The van der Waals surface area contributed by atoms with Crippen LogP contribution in [0.15, 0.2) is 54.7 Å². The van der Waals surface area contributed by atoms with Gasteiger partial charge in [-0.3, -0.25) is 4.79 Å². The van der Waals surface area contributed by atoms with Crippen molar-refractivity contribution < 1.29 is 13.9 Å². The Labute approximate surface area is 157 Å². The number of hydrogen-bond acceptors (Lipinski definition) is 3. The van der Waals surface area contributed by atoms with Crippen molar-refractivity contribution in [3.8, 4) is 16.9 Å². The molecule has 0 aliphatic carbocycles. The van der Waals surface area contributed by atoms with Crippen LogP contribution in [-0.2, 0) is 4.74 Å². The molecule has 1 amide bonds. The Kier molecular flexibility index (Phi) is 4.73. The third-order valence-corrected chi connectivity index (χ3v) is 4.66. The molecule has 138 valence electrons. The highest BCUT2D eigenvalue weighted by Crippen LogP contribution is 2.26. The number of carbonyl (C=O) groups excluding carboxylic acids is 1. The number of hydrogen-bond donors (Lipinski definition) is 0. The summed E-state index contributed by atoms with van der Waals surface area (Å²) >= 11 is 0. The normalized spacial score (nSPS) is 14.4. The minimum absolute atomic E-state index is 0.0674. The van der Waals surface area contributed by atoms with Crippen LogP contribution in [-0.4, -0.2) is 46.9 Å². The summed E-state index contributed by atoms with van der Waals surface area (Å²) in [5, 5.41) is 4.64. The number of ether oxygens (including phenoxy) is 1. The van der Waals surface area contributed by atoms with Crippen LogP contribution in [0.3, 0.4) is 0 Å². The SMILES string of the molecule is Cc1ccc(-c2nn(-c3ccc(F)cc3)cc2C(=O)N2CCOCC2)cc1. The molecule has 6 heteroatoms. The fourth-order valence-corrected chi connectivity index (χ4v) is 3.12. The van der Waals surface area contributed by atoms with E-state index in [1.807, 2.05) is 31.2 Å². The van der Waals surface area contributed by atoms with E-state index in [1.54, 1.807) is 27.9 Å². The molecule has 1 fully saturated rings. The molecule has 0 unspecified atom stereocenters. The summed E-state index contributed by atoms with van der Waals surface area (Å²) in [5.41, 5.74) is 3.86. The highest BCUT2D eigenvalue weighted by molar-refractivity contribution is 6.00. The first-order valence-electron chi connectivity index (χ1n) is 8.91. The largest absolute Gasteiger partial charge is 0.378 e. The zero-order valence-electron chi connectivity index (χ0n) is 15.1. The highest BCUT2D eigenvalue weighted by Gasteiger charge is 2.24. The lowest BCUT2D eigenvalue weighted by atomic mass is 10.1. The fourth-order valence-electron chi connectivity index (χ4n) is 3.12. The molecule has 4 rings (SSSR count). The van der Waals surface area contributed by atoms with Gasteiger partial charge in [-0.05, 0) is 31.2 Å². The number of amides is 1. The first kappa shape index (κ1) is 17.4. The van der Waals surface area contributed by atoms with Crippen LogP contribution in [0.25, 0.3) is 16.9 Å². The molecule has 0 radical (unpaired) electrons. The molecule has 2 heterocycles. The van der Waals surface area contributed by atoms with E-state index in [9.17, 15) is 9.18 Å². The first-order valence-corrected chi connectivity index (χ1v) is 8.91. The molecule has 1 aliphatic rings. The van der Waals surface area contributed by atoms with Gasteiger partial charge in [0, 0.05) is 24.8 Å². The van der Waals surface area contributed by atoms with E-state index >= 15 is 0 Å². The standard InChI is InChI=1S/C21H20FN3O2/c1-15-2-4-16(5-3-15)20-19(21(26)24-10-12-27-13-11-24)14-25(23-20)18-8-6-17(22)7-9-18/h2-9,14H,10-13H2,1H3. The zero-order valence-corrected chi connectivity index (χ0v) is 15.1. The van der Waals surface area contributed by atoms with Crippen molar-refractivity contribution in [3.05, 3.63) is 71.7 Å². The first-order chi connectivity index (χ1) is 13.1. The lowest BCUT2D eigenvalue weighted by Crippen LogP contribution is -2.40. The van der Waals surface area contributed by atoms with Crippen molar-refractivity contribution in [2.24, 2.45) is 0 Å². The van der Waals surface area contributed by atoms with Gasteiger partial charge >= 0.3 is 0 Å².